The minimum atomic E-state index is -3.64. The summed E-state index contributed by atoms with van der Waals surface area (Å²) in [6.45, 7) is 0.711. The van der Waals surface area contributed by atoms with Gasteiger partial charge >= 0.3 is 0 Å². The SMILES string of the molecule is NS(=O)(=O)c1ccc(CCNc2ccc(NC(=O)C3CC3)cc2)cc1. The Morgan fingerprint density at radius 2 is 1.60 bits per heavy atom. The van der Waals surface area contributed by atoms with Crippen molar-refractivity contribution >= 4 is 27.3 Å². The maximum absolute atomic E-state index is 11.7. The summed E-state index contributed by atoms with van der Waals surface area (Å²) in [5.74, 6) is 0.294. The first-order chi connectivity index (χ1) is 11.9. The fraction of sp³-hybridized carbons (Fsp3) is 0.278. The summed E-state index contributed by atoms with van der Waals surface area (Å²) < 4.78 is 22.4. The van der Waals surface area contributed by atoms with Crippen molar-refractivity contribution in [3.8, 4) is 0 Å². The second-order valence-electron chi connectivity index (χ2n) is 6.21. The fourth-order valence-electron chi connectivity index (χ4n) is 2.46. The number of amides is 1. The standard InChI is InChI=1S/C18H21N3O3S/c19-25(23,24)17-9-1-13(2-10-17)11-12-20-15-5-7-16(8-6-15)21-18(22)14-3-4-14/h1-2,5-10,14,20H,3-4,11-12H2,(H,21,22)(H2,19,23,24). The molecule has 1 aliphatic carbocycles. The highest BCUT2D eigenvalue weighted by atomic mass is 32.2. The van der Waals surface area contributed by atoms with Crippen molar-refractivity contribution in [1.82, 2.24) is 0 Å². The number of carbonyl (C=O) groups excluding carboxylic acids is 1. The van der Waals surface area contributed by atoms with E-state index in [0.717, 1.165) is 36.2 Å². The molecule has 1 fully saturated rings. The lowest BCUT2D eigenvalue weighted by Gasteiger charge is -2.09. The first-order valence-corrected chi connectivity index (χ1v) is 9.73. The number of primary sulfonamides is 1. The first-order valence-electron chi connectivity index (χ1n) is 8.18. The van der Waals surface area contributed by atoms with Crippen LogP contribution >= 0.6 is 0 Å². The number of sulfonamides is 1. The molecule has 0 aromatic heterocycles. The molecule has 0 radical (unpaired) electrons. The first kappa shape index (κ1) is 17.4. The van der Waals surface area contributed by atoms with Gasteiger partial charge in [0.05, 0.1) is 4.90 Å². The van der Waals surface area contributed by atoms with Gasteiger partial charge in [0, 0.05) is 23.8 Å². The average molecular weight is 359 g/mol. The minimum Gasteiger partial charge on any atom is -0.385 e. The highest BCUT2D eigenvalue weighted by Crippen LogP contribution is 2.30. The molecule has 0 saturated heterocycles. The molecule has 1 aliphatic rings. The Morgan fingerprint density at radius 3 is 2.16 bits per heavy atom. The van der Waals surface area contributed by atoms with Crippen molar-refractivity contribution in [2.75, 3.05) is 17.2 Å². The van der Waals surface area contributed by atoms with Crippen LogP contribution in [0.25, 0.3) is 0 Å². The molecule has 25 heavy (non-hydrogen) atoms. The molecule has 4 N–H and O–H groups in total. The highest BCUT2D eigenvalue weighted by molar-refractivity contribution is 7.89. The molecule has 0 unspecified atom stereocenters. The molecular formula is C18H21N3O3S. The van der Waals surface area contributed by atoms with Gasteiger partial charge in [0.15, 0.2) is 0 Å². The third-order valence-electron chi connectivity index (χ3n) is 4.10. The lowest BCUT2D eigenvalue weighted by atomic mass is 10.1. The van der Waals surface area contributed by atoms with E-state index in [1.807, 2.05) is 24.3 Å². The quantitative estimate of drug-likeness (QED) is 0.706. The van der Waals surface area contributed by atoms with E-state index in [-0.39, 0.29) is 16.7 Å². The highest BCUT2D eigenvalue weighted by Gasteiger charge is 2.29. The van der Waals surface area contributed by atoms with Gasteiger partial charge in [-0.2, -0.15) is 0 Å². The predicted molar refractivity (Wildman–Crippen MR) is 97.8 cm³/mol. The molecule has 0 bridgehead atoms. The molecule has 3 rings (SSSR count). The summed E-state index contributed by atoms with van der Waals surface area (Å²) in [7, 11) is -3.64. The van der Waals surface area contributed by atoms with Crippen molar-refractivity contribution < 1.29 is 13.2 Å². The molecule has 2 aromatic rings. The van der Waals surface area contributed by atoms with E-state index in [1.54, 1.807) is 12.1 Å². The summed E-state index contributed by atoms with van der Waals surface area (Å²) in [6.07, 6.45) is 2.73. The van der Waals surface area contributed by atoms with Gasteiger partial charge in [-0.15, -0.1) is 0 Å². The van der Waals surface area contributed by atoms with Crippen LogP contribution in [0.5, 0.6) is 0 Å². The van der Waals surface area contributed by atoms with E-state index < -0.39 is 10.0 Å². The fourth-order valence-corrected chi connectivity index (χ4v) is 2.97. The Labute approximate surface area is 147 Å². The molecule has 132 valence electrons. The Bertz CT molecular complexity index is 842. The summed E-state index contributed by atoms with van der Waals surface area (Å²) in [5, 5.41) is 11.3. The van der Waals surface area contributed by atoms with E-state index >= 15 is 0 Å². The molecule has 0 spiro atoms. The second-order valence-corrected chi connectivity index (χ2v) is 7.77. The molecule has 7 heteroatoms. The molecule has 0 heterocycles. The zero-order chi connectivity index (χ0) is 17.9. The number of nitrogens with two attached hydrogens (primary N) is 1. The van der Waals surface area contributed by atoms with Crippen LogP contribution in [-0.4, -0.2) is 20.9 Å². The Balaban J connectivity index is 1.47. The largest absolute Gasteiger partial charge is 0.385 e. The van der Waals surface area contributed by atoms with Crippen molar-refractivity contribution in [3.63, 3.8) is 0 Å². The third-order valence-corrected chi connectivity index (χ3v) is 5.02. The monoisotopic (exact) mass is 359 g/mol. The van der Waals surface area contributed by atoms with E-state index in [9.17, 15) is 13.2 Å². The zero-order valence-electron chi connectivity index (χ0n) is 13.7. The Kier molecular flexibility index (Phi) is 5.06. The van der Waals surface area contributed by atoms with Gasteiger partial charge in [-0.1, -0.05) is 12.1 Å². The van der Waals surface area contributed by atoms with Crippen molar-refractivity contribution in [2.45, 2.75) is 24.2 Å². The van der Waals surface area contributed by atoms with Crippen LogP contribution in [0.1, 0.15) is 18.4 Å². The van der Waals surface area contributed by atoms with Crippen LogP contribution in [0, 0.1) is 5.92 Å². The zero-order valence-corrected chi connectivity index (χ0v) is 14.6. The molecule has 0 atom stereocenters. The molecule has 1 amide bonds. The van der Waals surface area contributed by atoms with Crippen molar-refractivity contribution in [3.05, 3.63) is 54.1 Å². The van der Waals surface area contributed by atoms with Gasteiger partial charge in [-0.25, -0.2) is 13.6 Å². The molecule has 2 aromatic carbocycles. The number of hydrogen-bond donors (Lipinski definition) is 3. The lowest BCUT2D eigenvalue weighted by Crippen LogP contribution is -2.13. The van der Waals surface area contributed by atoms with Crippen LogP contribution < -0.4 is 15.8 Å². The number of hydrogen-bond acceptors (Lipinski definition) is 4. The van der Waals surface area contributed by atoms with Gasteiger partial charge < -0.3 is 10.6 Å². The predicted octanol–water partition coefficient (Wildman–Crippen LogP) is 2.34. The Morgan fingerprint density at radius 1 is 1.00 bits per heavy atom. The van der Waals surface area contributed by atoms with Crippen LogP contribution in [0.4, 0.5) is 11.4 Å². The maximum Gasteiger partial charge on any atom is 0.238 e. The number of benzene rings is 2. The molecule has 6 nitrogen and oxygen atoms in total. The van der Waals surface area contributed by atoms with Crippen LogP contribution in [0.2, 0.25) is 0 Å². The number of anilines is 2. The van der Waals surface area contributed by atoms with E-state index in [4.69, 9.17) is 5.14 Å². The van der Waals surface area contributed by atoms with Crippen LogP contribution in [0.15, 0.2) is 53.4 Å². The van der Waals surface area contributed by atoms with Crippen molar-refractivity contribution in [2.24, 2.45) is 11.1 Å². The molecule has 0 aliphatic heterocycles. The minimum absolute atomic E-state index is 0.101. The lowest BCUT2D eigenvalue weighted by molar-refractivity contribution is -0.117. The van der Waals surface area contributed by atoms with Gasteiger partial charge in [0.1, 0.15) is 0 Å². The van der Waals surface area contributed by atoms with Gasteiger partial charge in [-0.05, 0) is 61.2 Å². The van der Waals surface area contributed by atoms with E-state index in [1.165, 1.54) is 12.1 Å². The van der Waals surface area contributed by atoms with Crippen LogP contribution in [0.3, 0.4) is 0 Å². The van der Waals surface area contributed by atoms with Gasteiger partial charge in [0.25, 0.3) is 0 Å². The smallest absolute Gasteiger partial charge is 0.238 e. The van der Waals surface area contributed by atoms with Crippen molar-refractivity contribution in [1.29, 1.82) is 0 Å². The summed E-state index contributed by atoms with van der Waals surface area (Å²) in [5.41, 5.74) is 2.79. The molecule has 1 saturated carbocycles. The molecular weight excluding hydrogens is 338 g/mol. The van der Waals surface area contributed by atoms with E-state index in [0.29, 0.717) is 6.54 Å². The van der Waals surface area contributed by atoms with E-state index in [2.05, 4.69) is 10.6 Å². The third kappa shape index (κ3) is 5.04. The van der Waals surface area contributed by atoms with Gasteiger partial charge in [-0.3, -0.25) is 4.79 Å². The summed E-state index contributed by atoms with van der Waals surface area (Å²) in [6, 6.07) is 14.2. The Hall–Kier alpha value is -2.38. The number of nitrogens with one attached hydrogen (secondary N) is 2. The average Bonchev–Trinajstić information content (AvgIpc) is 3.41. The second kappa shape index (κ2) is 7.25. The summed E-state index contributed by atoms with van der Waals surface area (Å²) in [4.78, 5) is 11.8. The number of carbonyl (C=O) groups is 1. The summed E-state index contributed by atoms with van der Waals surface area (Å²) >= 11 is 0. The van der Waals surface area contributed by atoms with Crippen LogP contribution in [-0.2, 0) is 21.2 Å². The van der Waals surface area contributed by atoms with Gasteiger partial charge in [0.2, 0.25) is 15.9 Å². The maximum atomic E-state index is 11.7. The normalized spacial score (nSPS) is 14.1. The topological polar surface area (TPSA) is 101 Å². The number of rotatable bonds is 7.